The van der Waals surface area contributed by atoms with E-state index in [0.717, 1.165) is 0 Å². The number of methoxy groups -OCH3 is 1. The first-order valence-electron chi connectivity index (χ1n) is 7.22. The fraction of sp³-hybridized carbons (Fsp3) is 1.00. The molecule has 0 aliphatic heterocycles. The zero-order chi connectivity index (χ0) is 14.1. The van der Waals surface area contributed by atoms with Crippen molar-refractivity contribution < 1.29 is 14.6 Å². The van der Waals surface area contributed by atoms with Gasteiger partial charge in [0.15, 0.2) is 0 Å². The molecule has 0 amide bonds. The van der Waals surface area contributed by atoms with Crippen LogP contribution in [0.4, 0.5) is 0 Å². The Balaban J connectivity index is 2.16. The second kappa shape index (κ2) is 10.00. The molecule has 4 nitrogen and oxygen atoms in total. The number of aliphatic hydroxyl groups excluding tert-OH is 1. The predicted octanol–water partition coefficient (Wildman–Crippen LogP) is 1.66. The fourth-order valence-electron chi connectivity index (χ4n) is 2.52. The molecule has 0 heterocycles. The van der Waals surface area contributed by atoms with Crippen molar-refractivity contribution in [2.75, 3.05) is 33.1 Å². The molecule has 5 heteroatoms. The smallest absolute Gasteiger partial charge is 0.0897 e. The third-order valence-corrected chi connectivity index (χ3v) is 4.77. The van der Waals surface area contributed by atoms with Crippen LogP contribution in [-0.2, 0) is 9.47 Å². The van der Waals surface area contributed by atoms with Crippen LogP contribution in [0.3, 0.4) is 0 Å². The van der Waals surface area contributed by atoms with Crippen molar-refractivity contribution in [2.24, 2.45) is 0 Å². The monoisotopic (exact) mass is 291 g/mol. The summed E-state index contributed by atoms with van der Waals surface area (Å²) in [6.07, 6.45) is 6.92. The molecule has 2 N–H and O–H groups in total. The van der Waals surface area contributed by atoms with Gasteiger partial charge in [-0.2, -0.15) is 11.8 Å². The van der Waals surface area contributed by atoms with E-state index >= 15 is 0 Å². The Morgan fingerprint density at radius 1 is 1.32 bits per heavy atom. The van der Waals surface area contributed by atoms with Gasteiger partial charge in [0.25, 0.3) is 0 Å². The number of nitrogens with one attached hydrogen (secondary N) is 1. The highest BCUT2D eigenvalue weighted by molar-refractivity contribution is 7.99. The van der Waals surface area contributed by atoms with Gasteiger partial charge in [-0.05, 0) is 26.0 Å². The summed E-state index contributed by atoms with van der Waals surface area (Å²) in [5, 5.41) is 14.1. The van der Waals surface area contributed by atoms with Gasteiger partial charge in [0.2, 0.25) is 0 Å². The fourth-order valence-corrected chi connectivity index (χ4v) is 3.48. The SMILES string of the molecule is COCC(C)OCC(O)CNC1CCCCC1SC. The molecule has 114 valence electrons. The van der Waals surface area contributed by atoms with Crippen LogP contribution in [0.1, 0.15) is 32.6 Å². The van der Waals surface area contributed by atoms with Crippen LogP contribution in [0, 0.1) is 0 Å². The summed E-state index contributed by atoms with van der Waals surface area (Å²) in [5.74, 6) is 0. The van der Waals surface area contributed by atoms with Crippen LogP contribution < -0.4 is 5.32 Å². The highest BCUT2D eigenvalue weighted by atomic mass is 32.2. The number of ether oxygens (including phenoxy) is 2. The second-order valence-electron chi connectivity index (χ2n) is 5.33. The summed E-state index contributed by atoms with van der Waals surface area (Å²) < 4.78 is 10.5. The standard InChI is InChI=1S/C14H29NO3S/c1-11(9-17-2)18-10-12(16)8-15-13-6-4-5-7-14(13)19-3/h11-16H,4-10H2,1-3H3. The van der Waals surface area contributed by atoms with E-state index in [0.29, 0.717) is 31.1 Å². The molecule has 1 fully saturated rings. The van der Waals surface area contributed by atoms with Gasteiger partial charge in [0.1, 0.15) is 0 Å². The van der Waals surface area contributed by atoms with E-state index in [1.54, 1.807) is 7.11 Å². The van der Waals surface area contributed by atoms with Gasteiger partial charge in [0.05, 0.1) is 25.4 Å². The summed E-state index contributed by atoms with van der Waals surface area (Å²) >= 11 is 1.94. The van der Waals surface area contributed by atoms with E-state index in [4.69, 9.17) is 9.47 Å². The van der Waals surface area contributed by atoms with Gasteiger partial charge >= 0.3 is 0 Å². The molecule has 4 unspecified atom stereocenters. The van der Waals surface area contributed by atoms with Gasteiger partial charge in [0, 0.05) is 24.9 Å². The van der Waals surface area contributed by atoms with Gasteiger partial charge in [-0.3, -0.25) is 0 Å². The van der Waals surface area contributed by atoms with E-state index < -0.39 is 6.10 Å². The molecule has 0 saturated heterocycles. The molecule has 0 bridgehead atoms. The summed E-state index contributed by atoms with van der Waals surface area (Å²) in [6.45, 7) is 3.50. The Morgan fingerprint density at radius 2 is 2.05 bits per heavy atom. The molecule has 19 heavy (non-hydrogen) atoms. The summed E-state index contributed by atoms with van der Waals surface area (Å²) in [6, 6.07) is 0.537. The first-order chi connectivity index (χ1) is 9.17. The number of aliphatic hydroxyl groups is 1. The quantitative estimate of drug-likeness (QED) is 0.677. The Morgan fingerprint density at radius 3 is 2.74 bits per heavy atom. The minimum atomic E-state index is -0.441. The number of hydrogen-bond acceptors (Lipinski definition) is 5. The Labute approximate surface area is 121 Å². The van der Waals surface area contributed by atoms with Crippen molar-refractivity contribution in [3.8, 4) is 0 Å². The first-order valence-corrected chi connectivity index (χ1v) is 8.51. The van der Waals surface area contributed by atoms with Gasteiger partial charge in [-0.15, -0.1) is 0 Å². The lowest BCUT2D eigenvalue weighted by atomic mass is 9.95. The number of thioether (sulfide) groups is 1. The van der Waals surface area contributed by atoms with Crippen LogP contribution in [0.2, 0.25) is 0 Å². The minimum Gasteiger partial charge on any atom is -0.389 e. The molecular formula is C14H29NO3S. The van der Waals surface area contributed by atoms with Crippen LogP contribution >= 0.6 is 11.8 Å². The Hall–Kier alpha value is 0.190. The predicted molar refractivity (Wildman–Crippen MR) is 80.9 cm³/mol. The van der Waals surface area contributed by atoms with Gasteiger partial charge in [-0.1, -0.05) is 12.8 Å². The van der Waals surface area contributed by atoms with Crippen molar-refractivity contribution in [2.45, 2.75) is 56.1 Å². The average Bonchev–Trinajstić information content (AvgIpc) is 2.43. The maximum absolute atomic E-state index is 9.92. The van der Waals surface area contributed by atoms with Crippen molar-refractivity contribution in [1.29, 1.82) is 0 Å². The molecule has 0 spiro atoms. The van der Waals surface area contributed by atoms with Crippen LogP contribution in [-0.4, -0.2) is 61.7 Å². The van der Waals surface area contributed by atoms with E-state index in [1.807, 2.05) is 18.7 Å². The zero-order valence-electron chi connectivity index (χ0n) is 12.4. The van der Waals surface area contributed by atoms with Gasteiger partial charge < -0.3 is 19.9 Å². The second-order valence-corrected chi connectivity index (χ2v) is 6.40. The van der Waals surface area contributed by atoms with Crippen LogP contribution in [0.25, 0.3) is 0 Å². The lowest BCUT2D eigenvalue weighted by Gasteiger charge is -2.31. The molecule has 0 radical (unpaired) electrons. The molecule has 0 aromatic rings. The molecule has 1 rings (SSSR count). The normalized spacial score (nSPS) is 27.2. The largest absolute Gasteiger partial charge is 0.389 e. The maximum atomic E-state index is 9.92. The summed E-state index contributed by atoms with van der Waals surface area (Å²) in [7, 11) is 1.66. The Bertz CT molecular complexity index is 231. The van der Waals surface area contributed by atoms with Crippen molar-refractivity contribution in [3.05, 3.63) is 0 Å². The minimum absolute atomic E-state index is 0.0354. The van der Waals surface area contributed by atoms with Crippen molar-refractivity contribution in [3.63, 3.8) is 0 Å². The third-order valence-electron chi connectivity index (χ3n) is 3.60. The molecule has 0 aromatic carbocycles. The zero-order valence-corrected chi connectivity index (χ0v) is 13.2. The number of hydrogen-bond donors (Lipinski definition) is 2. The lowest BCUT2D eigenvalue weighted by molar-refractivity contribution is -0.0317. The maximum Gasteiger partial charge on any atom is 0.0897 e. The number of rotatable bonds is 9. The summed E-state index contributed by atoms with van der Waals surface area (Å²) in [5.41, 5.74) is 0. The van der Waals surface area contributed by atoms with Crippen molar-refractivity contribution in [1.82, 2.24) is 5.32 Å². The molecule has 1 aliphatic rings. The van der Waals surface area contributed by atoms with Crippen LogP contribution in [0.15, 0.2) is 0 Å². The van der Waals surface area contributed by atoms with E-state index in [9.17, 15) is 5.11 Å². The van der Waals surface area contributed by atoms with Gasteiger partial charge in [-0.25, -0.2) is 0 Å². The van der Waals surface area contributed by atoms with E-state index in [-0.39, 0.29) is 6.10 Å². The highest BCUT2D eigenvalue weighted by Gasteiger charge is 2.24. The van der Waals surface area contributed by atoms with E-state index in [1.165, 1.54) is 25.7 Å². The first kappa shape index (κ1) is 17.2. The molecule has 4 atom stereocenters. The molecular weight excluding hydrogens is 262 g/mol. The summed E-state index contributed by atoms with van der Waals surface area (Å²) in [4.78, 5) is 0. The topological polar surface area (TPSA) is 50.7 Å². The average molecular weight is 291 g/mol. The molecule has 1 aliphatic carbocycles. The molecule has 0 aromatic heterocycles. The third kappa shape index (κ3) is 6.95. The van der Waals surface area contributed by atoms with Crippen LogP contribution in [0.5, 0.6) is 0 Å². The van der Waals surface area contributed by atoms with Crippen molar-refractivity contribution >= 4 is 11.8 Å². The highest BCUT2D eigenvalue weighted by Crippen LogP contribution is 2.26. The Kier molecular flexibility index (Phi) is 9.07. The lowest BCUT2D eigenvalue weighted by Crippen LogP contribution is -2.44. The van der Waals surface area contributed by atoms with E-state index in [2.05, 4.69) is 11.6 Å². The molecule has 1 saturated carbocycles.